The Bertz CT molecular complexity index is 1380. The molecule has 0 saturated carbocycles. The van der Waals surface area contributed by atoms with Crippen LogP contribution in [0.15, 0.2) is 95.6 Å². The minimum atomic E-state index is -0.485. The smallest absolute Gasteiger partial charge is 0.270 e. The van der Waals surface area contributed by atoms with Gasteiger partial charge in [-0.1, -0.05) is 30.3 Å². The molecule has 10 nitrogen and oxygen atoms in total. The fraction of sp³-hybridized carbons (Fsp3) is 0.115. The summed E-state index contributed by atoms with van der Waals surface area (Å²) in [5, 5.41) is 16.5. The lowest BCUT2D eigenvalue weighted by Gasteiger charge is -2.11. The minimum absolute atomic E-state index is 0.00595. The van der Waals surface area contributed by atoms with Gasteiger partial charge in [0.05, 0.1) is 11.3 Å². The Labute approximate surface area is 206 Å². The van der Waals surface area contributed by atoms with E-state index in [4.69, 9.17) is 4.42 Å². The van der Waals surface area contributed by atoms with Crippen LogP contribution in [-0.2, 0) is 11.3 Å². The Morgan fingerprint density at radius 1 is 1.08 bits per heavy atom. The summed E-state index contributed by atoms with van der Waals surface area (Å²) in [6.07, 6.45) is 7.31. The van der Waals surface area contributed by atoms with E-state index >= 15 is 0 Å². The van der Waals surface area contributed by atoms with Gasteiger partial charge in [0.25, 0.3) is 17.5 Å². The van der Waals surface area contributed by atoms with Gasteiger partial charge in [0, 0.05) is 54.8 Å². The number of hydrogen-bond acceptors (Lipinski definition) is 6. The molecule has 0 radical (unpaired) electrons. The Morgan fingerprint density at radius 3 is 2.67 bits per heavy atom. The second-order valence-corrected chi connectivity index (χ2v) is 7.80. The number of amides is 2. The first-order chi connectivity index (χ1) is 17.5. The van der Waals surface area contributed by atoms with E-state index in [2.05, 4.69) is 15.6 Å². The molecule has 0 atom stereocenters. The fourth-order valence-corrected chi connectivity index (χ4v) is 3.42. The monoisotopic (exact) mass is 485 g/mol. The third kappa shape index (κ3) is 6.32. The molecule has 182 valence electrons. The number of benzene rings is 2. The van der Waals surface area contributed by atoms with Gasteiger partial charge in [-0.05, 0) is 30.7 Å². The van der Waals surface area contributed by atoms with Gasteiger partial charge in [0.2, 0.25) is 0 Å². The highest BCUT2D eigenvalue weighted by Crippen LogP contribution is 2.26. The molecule has 0 aliphatic heterocycles. The van der Waals surface area contributed by atoms with Crippen molar-refractivity contribution in [1.29, 1.82) is 0 Å². The van der Waals surface area contributed by atoms with E-state index in [-0.39, 0.29) is 11.4 Å². The van der Waals surface area contributed by atoms with Crippen LogP contribution in [0.4, 0.5) is 5.69 Å². The van der Waals surface area contributed by atoms with E-state index in [0.717, 1.165) is 0 Å². The molecule has 2 N–H and O–H groups in total. The molecule has 36 heavy (non-hydrogen) atoms. The summed E-state index contributed by atoms with van der Waals surface area (Å²) in [6, 6.07) is 17.8. The van der Waals surface area contributed by atoms with Gasteiger partial charge in [-0.15, -0.1) is 0 Å². The summed E-state index contributed by atoms with van der Waals surface area (Å²) in [7, 11) is 0. The summed E-state index contributed by atoms with van der Waals surface area (Å²) < 4.78 is 7.71. The molecule has 2 aromatic heterocycles. The number of nitro groups is 1. The van der Waals surface area contributed by atoms with Crippen molar-refractivity contribution in [2.24, 2.45) is 0 Å². The molecule has 4 aromatic rings. The molecule has 2 aromatic carbocycles. The number of nitrogens with one attached hydrogen (secondary N) is 2. The van der Waals surface area contributed by atoms with Crippen LogP contribution in [0, 0.1) is 10.1 Å². The Balaban J connectivity index is 1.51. The van der Waals surface area contributed by atoms with Crippen LogP contribution >= 0.6 is 0 Å². The van der Waals surface area contributed by atoms with Gasteiger partial charge >= 0.3 is 0 Å². The molecule has 0 saturated heterocycles. The number of nitro benzene ring substituents is 1. The largest absolute Gasteiger partial charge is 0.457 e. The van der Waals surface area contributed by atoms with E-state index in [9.17, 15) is 19.7 Å². The van der Waals surface area contributed by atoms with Crippen molar-refractivity contribution in [3.63, 3.8) is 0 Å². The first-order valence-corrected chi connectivity index (χ1v) is 11.2. The highest BCUT2D eigenvalue weighted by molar-refractivity contribution is 6.05. The Kier molecular flexibility index (Phi) is 7.66. The number of carbonyl (C=O) groups excluding carboxylic acids is 2. The molecule has 0 fully saturated rings. The van der Waals surface area contributed by atoms with Crippen LogP contribution in [0.5, 0.6) is 0 Å². The normalized spacial score (nSPS) is 11.2. The van der Waals surface area contributed by atoms with E-state index in [1.165, 1.54) is 18.2 Å². The maximum absolute atomic E-state index is 12.9. The van der Waals surface area contributed by atoms with E-state index < -0.39 is 16.7 Å². The van der Waals surface area contributed by atoms with Crippen molar-refractivity contribution in [3.8, 4) is 11.3 Å². The van der Waals surface area contributed by atoms with Gasteiger partial charge in [-0.25, -0.2) is 4.98 Å². The number of aromatic nitrogens is 2. The topological polar surface area (TPSA) is 132 Å². The summed E-state index contributed by atoms with van der Waals surface area (Å²) in [4.78, 5) is 40.3. The predicted molar refractivity (Wildman–Crippen MR) is 133 cm³/mol. The molecule has 0 bridgehead atoms. The molecule has 0 unspecified atom stereocenters. The van der Waals surface area contributed by atoms with Crippen molar-refractivity contribution >= 4 is 23.6 Å². The molecule has 0 aliphatic carbocycles. The third-order valence-corrected chi connectivity index (χ3v) is 5.22. The maximum Gasteiger partial charge on any atom is 0.270 e. The first-order valence-electron chi connectivity index (χ1n) is 11.2. The zero-order chi connectivity index (χ0) is 25.3. The lowest BCUT2D eigenvalue weighted by Crippen LogP contribution is -2.35. The lowest BCUT2D eigenvalue weighted by atomic mass is 10.1. The minimum Gasteiger partial charge on any atom is -0.457 e. The van der Waals surface area contributed by atoms with Gasteiger partial charge in [0.15, 0.2) is 0 Å². The number of carbonyl (C=O) groups is 2. The molecule has 2 amide bonds. The van der Waals surface area contributed by atoms with Crippen LogP contribution in [0.2, 0.25) is 0 Å². The summed E-state index contributed by atoms with van der Waals surface area (Å²) in [6.45, 7) is 1.06. The van der Waals surface area contributed by atoms with Crippen molar-refractivity contribution in [2.75, 3.05) is 6.54 Å². The number of imidazole rings is 1. The van der Waals surface area contributed by atoms with Crippen molar-refractivity contribution in [3.05, 3.63) is 113 Å². The summed E-state index contributed by atoms with van der Waals surface area (Å²) in [5.74, 6) is -0.230. The van der Waals surface area contributed by atoms with Gasteiger partial charge < -0.3 is 19.6 Å². The van der Waals surface area contributed by atoms with Gasteiger partial charge in [-0.3, -0.25) is 19.7 Å². The molecular formula is C26H23N5O5. The SMILES string of the molecule is O=C(NCCCn1ccnc1)C(=Cc1ccc(-c2cccc([N+](=O)[O-])c2)o1)NC(=O)c1ccccc1. The highest BCUT2D eigenvalue weighted by Gasteiger charge is 2.16. The molecule has 4 rings (SSSR count). The molecule has 10 heteroatoms. The van der Waals surface area contributed by atoms with Gasteiger partial charge in [0.1, 0.15) is 17.2 Å². The Hall–Kier alpha value is -4.99. The second kappa shape index (κ2) is 11.4. The number of aryl methyl sites for hydroxylation is 1. The Morgan fingerprint density at radius 2 is 1.92 bits per heavy atom. The fourth-order valence-electron chi connectivity index (χ4n) is 3.42. The number of hydrogen-bond donors (Lipinski definition) is 2. The number of rotatable bonds is 10. The second-order valence-electron chi connectivity index (χ2n) is 7.80. The number of furan rings is 1. The zero-order valence-electron chi connectivity index (χ0n) is 19.2. The first kappa shape index (κ1) is 24.1. The predicted octanol–water partition coefficient (Wildman–Crippen LogP) is 4.03. The van der Waals surface area contributed by atoms with Crippen LogP contribution < -0.4 is 10.6 Å². The van der Waals surface area contributed by atoms with Crippen molar-refractivity contribution in [2.45, 2.75) is 13.0 Å². The van der Waals surface area contributed by atoms with Crippen molar-refractivity contribution < 1.29 is 18.9 Å². The van der Waals surface area contributed by atoms with Crippen LogP contribution in [-0.4, -0.2) is 32.8 Å². The summed E-state index contributed by atoms with van der Waals surface area (Å²) >= 11 is 0. The lowest BCUT2D eigenvalue weighted by molar-refractivity contribution is -0.384. The quantitative estimate of drug-likeness (QED) is 0.151. The van der Waals surface area contributed by atoms with Crippen LogP contribution in [0.3, 0.4) is 0 Å². The number of non-ortho nitro benzene ring substituents is 1. The third-order valence-electron chi connectivity index (χ3n) is 5.22. The molecule has 2 heterocycles. The van der Waals surface area contributed by atoms with Crippen LogP contribution in [0.25, 0.3) is 17.4 Å². The average molecular weight is 486 g/mol. The standard InChI is InChI=1S/C26H23N5O5/c32-25(19-6-2-1-3-7-19)29-23(26(33)28-12-5-14-30-15-13-27-18-30)17-22-10-11-24(36-22)20-8-4-9-21(16-20)31(34)35/h1-4,6-11,13,15-18H,5,12,14H2,(H,28,33)(H,29,32). The highest BCUT2D eigenvalue weighted by atomic mass is 16.6. The molecular weight excluding hydrogens is 462 g/mol. The van der Waals surface area contributed by atoms with Crippen molar-refractivity contribution in [1.82, 2.24) is 20.2 Å². The van der Waals surface area contributed by atoms with E-state index in [0.29, 0.717) is 42.2 Å². The molecule has 0 spiro atoms. The zero-order valence-corrected chi connectivity index (χ0v) is 19.2. The average Bonchev–Trinajstić information content (AvgIpc) is 3.59. The van der Waals surface area contributed by atoms with Gasteiger partial charge in [-0.2, -0.15) is 0 Å². The van der Waals surface area contributed by atoms with E-state index in [1.807, 2.05) is 10.8 Å². The summed E-state index contributed by atoms with van der Waals surface area (Å²) in [5.41, 5.74) is 0.856. The van der Waals surface area contributed by atoms with E-state index in [1.54, 1.807) is 67.1 Å². The van der Waals surface area contributed by atoms with Crippen LogP contribution in [0.1, 0.15) is 22.5 Å². The molecule has 0 aliphatic rings. The number of nitrogens with zero attached hydrogens (tertiary/aromatic N) is 3. The maximum atomic E-state index is 12.9.